The van der Waals surface area contributed by atoms with Crippen LogP contribution >= 0.6 is 0 Å². The summed E-state index contributed by atoms with van der Waals surface area (Å²) in [5.74, 6) is -1.56. The second kappa shape index (κ2) is 8.13. The summed E-state index contributed by atoms with van der Waals surface area (Å²) in [7, 11) is 3.22. The van der Waals surface area contributed by atoms with Gasteiger partial charge in [-0.2, -0.15) is 0 Å². The first-order chi connectivity index (χ1) is 14.8. The Kier molecular flexibility index (Phi) is 5.51. The molecule has 0 spiro atoms. The lowest BCUT2D eigenvalue weighted by Crippen LogP contribution is -2.65. The SMILES string of the molecule is COCC1(NC(=O)C(=O)c2cn(C)c(C(=O)Cc3ccc4occc4c3)c2C)COC1. The van der Waals surface area contributed by atoms with Crippen LogP contribution in [0.1, 0.15) is 32.0 Å². The minimum absolute atomic E-state index is 0.134. The number of carbonyl (C=O) groups is 3. The molecule has 0 aliphatic carbocycles. The Bertz CT molecular complexity index is 1170. The van der Waals surface area contributed by atoms with Crippen LogP contribution in [-0.4, -0.2) is 54.5 Å². The fourth-order valence-corrected chi connectivity index (χ4v) is 4.01. The summed E-state index contributed by atoms with van der Waals surface area (Å²) in [6, 6.07) is 7.42. The van der Waals surface area contributed by atoms with Gasteiger partial charge in [-0.05, 0) is 36.2 Å². The number of methoxy groups -OCH3 is 1. The number of aromatic nitrogens is 1. The Balaban J connectivity index is 1.52. The fraction of sp³-hybridized carbons (Fsp3) is 0.348. The molecule has 0 bridgehead atoms. The van der Waals surface area contributed by atoms with Crippen molar-refractivity contribution in [3.05, 3.63) is 59.1 Å². The first kappa shape index (κ1) is 21.0. The first-order valence-electron chi connectivity index (χ1n) is 9.92. The molecule has 1 saturated heterocycles. The number of benzene rings is 1. The van der Waals surface area contributed by atoms with Crippen molar-refractivity contribution in [1.82, 2.24) is 9.88 Å². The Labute approximate surface area is 179 Å². The van der Waals surface area contributed by atoms with E-state index >= 15 is 0 Å². The lowest BCUT2D eigenvalue weighted by molar-refractivity contribution is -0.135. The number of Topliss-reactive ketones (excluding diaryl/α,β-unsaturated/α-hetero) is 2. The number of nitrogens with zero attached hydrogens (tertiary/aromatic N) is 1. The topological polar surface area (TPSA) is 99.8 Å². The number of aryl methyl sites for hydroxylation is 1. The molecular formula is C23H24N2O6. The quantitative estimate of drug-likeness (QED) is 0.440. The van der Waals surface area contributed by atoms with Gasteiger partial charge in [0, 0.05) is 37.7 Å². The van der Waals surface area contributed by atoms with E-state index in [4.69, 9.17) is 13.9 Å². The molecule has 1 aromatic carbocycles. The van der Waals surface area contributed by atoms with Crippen molar-refractivity contribution < 1.29 is 28.3 Å². The van der Waals surface area contributed by atoms with E-state index in [0.29, 0.717) is 24.5 Å². The molecular weight excluding hydrogens is 400 g/mol. The maximum Gasteiger partial charge on any atom is 0.293 e. The Morgan fingerprint density at radius 1 is 1.23 bits per heavy atom. The van der Waals surface area contributed by atoms with Gasteiger partial charge in [0.1, 0.15) is 11.1 Å². The molecule has 0 radical (unpaired) electrons. The molecule has 3 heterocycles. The average Bonchev–Trinajstić information content (AvgIpc) is 3.29. The van der Waals surface area contributed by atoms with Crippen LogP contribution in [0, 0.1) is 6.92 Å². The normalized spacial score (nSPS) is 14.9. The highest BCUT2D eigenvalue weighted by atomic mass is 16.5. The van der Waals surface area contributed by atoms with Gasteiger partial charge in [0.2, 0.25) is 0 Å². The second-order valence-electron chi connectivity index (χ2n) is 8.01. The number of ketones is 2. The number of nitrogens with one attached hydrogen (secondary N) is 1. The summed E-state index contributed by atoms with van der Waals surface area (Å²) in [4.78, 5) is 38.4. The monoisotopic (exact) mass is 424 g/mol. The molecule has 4 rings (SSSR count). The van der Waals surface area contributed by atoms with Gasteiger partial charge >= 0.3 is 0 Å². The van der Waals surface area contributed by atoms with Gasteiger partial charge in [0.15, 0.2) is 5.78 Å². The van der Waals surface area contributed by atoms with E-state index in [2.05, 4.69) is 5.32 Å². The van der Waals surface area contributed by atoms with E-state index in [-0.39, 0.29) is 24.4 Å². The van der Waals surface area contributed by atoms with Crippen molar-refractivity contribution in [3.8, 4) is 0 Å². The molecule has 1 amide bonds. The third kappa shape index (κ3) is 3.92. The standard InChI is InChI=1S/C23H24N2O6/c1-14-17(21(27)22(28)24-23(11-29-3)12-30-13-23)10-25(2)20(14)18(26)9-15-4-5-19-16(8-15)6-7-31-19/h4-8,10H,9,11-13H2,1-3H3,(H,24,28). The molecule has 162 valence electrons. The second-order valence-corrected chi connectivity index (χ2v) is 8.01. The molecule has 31 heavy (non-hydrogen) atoms. The van der Waals surface area contributed by atoms with Gasteiger partial charge < -0.3 is 23.8 Å². The number of ether oxygens (including phenoxy) is 2. The minimum Gasteiger partial charge on any atom is -0.464 e. The number of carbonyl (C=O) groups excluding carboxylic acids is 3. The predicted molar refractivity (Wildman–Crippen MR) is 112 cm³/mol. The zero-order valence-electron chi connectivity index (χ0n) is 17.7. The highest BCUT2D eigenvalue weighted by molar-refractivity contribution is 6.43. The number of hydrogen-bond acceptors (Lipinski definition) is 6. The summed E-state index contributed by atoms with van der Waals surface area (Å²) in [6.07, 6.45) is 3.31. The molecule has 1 N–H and O–H groups in total. The van der Waals surface area contributed by atoms with Gasteiger partial charge in [-0.25, -0.2) is 0 Å². The van der Waals surface area contributed by atoms with E-state index in [1.165, 1.54) is 13.3 Å². The van der Waals surface area contributed by atoms with Crippen LogP contribution in [0.3, 0.4) is 0 Å². The molecule has 8 heteroatoms. The molecule has 0 saturated carbocycles. The highest BCUT2D eigenvalue weighted by Gasteiger charge is 2.41. The first-order valence-corrected chi connectivity index (χ1v) is 9.92. The summed E-state index contributed by atoms with van der Waals surface area (Å²) in [6.45, 7) is 2.52. The molecule has 0 unspecified atom stereocenters. The highest BCUT2D eigenvalue weighted by Crippen LogP contribution is 2.22. The van der Waals surface area contributed by atoms with E-state index in [0.717, 1.165) is 16.5 Å². The van der Waals surface area contributed by atoms with Crippen molar-refractivity contribution >= 4 is 28.4 Å². The Hall–Kier alpha value is -3.23. The lowest BCUT2D eigenvalue weighted by Gasteiger charge is -2.41. The van der Waals surface area contributed by atoms with Crippen molar-refractivity contribution in [3.63, 3.8) is 0 Å². The third-order valence-corrected chi connectivity index (χ3v) is 5.59. The van der Waals surface area contributed by atoms with Crippen LogP contribution in [0.15, 0.2) is 41.1 Å². The van der Waals surface area contributed by atoms with Crippen LogP contribution in [-0.2, 0) is 27.7 Å². The van der Waals surface area contributed by atoms with Crippen molar-refractivity contribution in [2.24, 2.45) is 7.05 Å². The van der Waals surface area contributed by atoms with Gasteiger partial charge in [0.25, 0.3) is 11.7 Å². The number of fused-ring (bicyclic) bond motifs is 1. The van der Waals surface area contributed by atoms with Gasteiger partial charge in [-0.15, -0.1) is 0 Å². The smallest absolute Gasteiger partial charge is 0.293 e. The van der Waals surface area contributed by atoms with Gasteiger partial charge in [-0.1, -0.05) is 6.07 Å². The van der Waals surface area contributed by atoms with Crippen molar-refractivity contribution in [2.45, 2.75) is 18.9 Å². The maximum absolute atomic E-state index is 13.0. The van der Waals surface area contributed by atoms with Crippen LogP contribution in [0.4, 0.5) is 0 Å². The van der Waals surface area contributed by atoms with Gasteiger partial charge in [-0.3, -0.25) is 14.4 Å². The van der Waals surface area contributed by atoms with Gasteiger partial charge in [0.05, 0.1) is 31.8 Å². The number of rotatable bonds is 8. The maximum atomic E-state index is 13.0. The summed E-state index contributed by atoms with van der Waals surface area (Å²) in [5.41, 5.74) is 2.02. The number of amides is 1. The average molecular weight is 424 g/mol. The molecule has 3 aromatic rings. The lowest BCUT2D eigenvalue weighted by atomic mass is 9.97. The molecule has 1 aliphatic heterocycles. The summed E-state index contributed by atoms with van der Waals surface area (Å²) < 4.78 is 17.2. The van der Waals surface area contributed by atoms with Crippen LogP contribution in [0.5, 0.6) is 0 Å². The molecule has 2 aromatic heterocycles. The molecule has 0 atom stereocenters. The van der Waals surface area contributed by atoms with E-state index in [9.17, 15) is 14.4 Å². The van der Waals surface area contributed by atoms with E-state index in [1.807, 2.05) is 24.3 Å². The zero-order valence-corrected chi connectivity index (χ0v) is 17.7. The summed E-state index contributed by atoms with van der Waals surface area (Å²) >= 11 is 0. The van der Waals surface area contributed by atoms with E-state index in [1.54, 1.807) is 24.8 Å². The molecule has 1 fully saturated rings. The van der Waals surface area contributed by atoms with Crippen LogP contribution < -0.4 is 5.32 Å². The van der Waals surface area contributed by atoms with Crippen molar-refractivity contribution in [2.75, 3.05) is 26.9 Å². The minimum atomic E-state index is -0.738. The third-order valence-electron chi connectivity index (χ3n) is 5.59. The molecule has 8 nitrogen and oxygen atoms in total. The van der Waals surface area contributed by atoms with Crippen LogP contribution in [0.2, 0.25) is 0 Å². The van der Waals surface area contributed by atoms with Crippen molar-refractivity contribution in [1.29, 1.82) is 0 Å². The number of hydrogen-bond donors (Lipinski definition) is 1. The Morgan fingerprint density at radius 3 is 2.68 bits per heavy atom. The fourth-order valence-electron chi connectivity index (χ4n) is 4.01. The Morgan fingerprint density at radius 2 is 2.00 bits per heavy atom. The zero-order chi connectivity index (χ0) is 22.2. The number of furan rings is 1. The largest absolute Gasteiger partial charge is 0.464 e. The van der Waals surface area contributed by atoms with Crippen LogP contribution in [0.25, 0.3) is 11.0 Å². The predicted octanol–water partition coefficient (Wildman–Crippen LogP) is 2.22. The summed E-state index contributed by atoms with van der Waals surface area (Å²) in [5, 5.41) is 3.65. The van der Waals surface area contributed by atoms with E-state index < -0.39 is 17.2 Å². The molecule has 1 aliphatic rings.